The number of nitrogens with one attached hydrogen (secondary N) is 2. The molecule has 0 aromatic heterocycles. The molecule has 0 radical (unpaired) electrons. The Kier molecular flexibility index (Phi) is 3.77. The summed E-state index contributed by atoms with van der Waals surface area (Å²) in [5.41, 5.74) is 5.52. The molecule has 0 unspecified atom stereocenters. The zero-order valence-electron chi connectivity index (χ0n) is 12.0. The molecule has 0 atom stereocenters. The van der Waals surface area contributed by atoms with Crippen LogP contribution < -0.4 is 10.6 Å². The van der Waals surface area contributed by atoms with Gasteiger partial charge in [0.15, 0.2) is 0 Å². The van der Waals surface area contributed by atoms with Crippen molar-refractivity contribution in [1.82, 2.24) is 0 Å². The number of carbonyl (C=O) groups is 1. The molecule has 0 aliphatic carbocycles. The lowest BCUT2D eigenvalue weighted by atomic mass is 10.0. The Hall–Kier alpha value is -2.49. The fraction of sp³-hybridized carbons (Fsp3) is 0.235. The van der Waals surface area contributed by atoms with Crippen molar-refractivity contribution in [1.29, 1.82) is 0 Å². The molecule has 2 aromatic carbocycles. The van der Waals surface area contributed by atoms with E-state index >= 15 is 0 Å². The summed E-state index contributed by atoms with van der Waals surface area (Å²) in [5, 5.41) is 6.21. The molecule has 1 amide bonds. The van der Waals surface area contributed by atoms with Gasteiger partial charge in [0, 0.05) is 17.1 Å². The first-order valence-electron chi connectivity index (χ1n) is 7.18. The van der Waals surface area contributed by atoms with Crippen LogP contribution >= 0.6 is 0 Å². The van der Waals surface area contributed by atoms with Gasteiger partial charge in [-0.25, -0.2) is 4.79 Å². The number of para-hydroxylation sites is 1. The Balaban J connectivity index is 1.83. The second-order valence-corrected chi connectivity index (χ2v) is 5.00. The van der Waals surface area contributed by atoms with Crippen LogP contribution in [0, 0.1) is 0 Å². The average molecular weight is 282 g/mol. The number of aryl methyl sites for hydroxylation is 2. The summed E-state index contributed by atoms with van der Waals surface area (Å²) in [6, 6.07) is 14.2. The number of benzene rings is 2. The number of ether oxygens (including phenoxy) is 1. The number of hydrogen-bond acceptors (Lipinski definition) is 3. The Labute approximate surface area is 124 Å². The molecular formula is C17H18N2O2. The maximum absolute atomic E-state index is 11.5. The molecule has 0 spiro atoms. The van der Waals surface area contributed by atoms with Gasteiger partial charge in [-0.1, -0.05) is 18.2 Å². The van der Waals surface area contributed by atoms with E-state index in [1.54, 1.807) is 6.92 Å². The van der Waals surface area contributed by atoms with Crippen molar-refractivity contribution in [2.45, 2.75) is 19.8 Å². The fourth-order valence-corrected chi connectivity index (χ4v) is 2.56. The van der Waals surface area contributed by atoms with Crippen molar-refractivity contribution < 1.29 is 9.53 Å². The Bertz CT molecular complexity index is 668. The van der Waals surface area contributed by atoms with E-state index in [9.17, 15) is 4.79 Å². The van der Waals surface area contributed by atoms with Crippen LogP contribution in [0.4, 0.5) is 21.9 Å². The van der Waals surface area contributed by atoms with E-state index in [4.69, 9.17) is 4.74 Å². The number of amides is 1. The highest BCUT2D eigenvalue weighted by atomic mass is 16.5. The lowest BCUT2D eigenvalue weighted by Gasteiger charge is -2.11. The first-order valence-corrected chi connectivity index (χ1v) is 7.18. The van der Waals surface area contributed by atoms with Gasteiger partial charge >= 0.3 is 6.09 Å². The SMILES string of the molecule is CCOC(=O)Nc1ccc2c(c1)CCc1ccccc1N2. The third-order valence-corrected chi connectivity index (χ3v) is 3.58. The van der Waals surface area contributed by atoms with Crippen molar-refractivity contribution in [3.63, 3.8) is 0 Å². The van der Waals surface area contributed by atoms with Crippen molar-refractivity contribution in [2.75, 3.05) is 17.2 Å². The summed E-state index contributed by atoms with van der Waals surface area (Å²) in [6.07, 6.45) is 1.51. The molecular weight excluding hydrogens is 264 g/mol. The minimum atomic E-state index is -0.415. The number of rotatable bonds is 2. The van der Waals surface area contributed by atoms with Crippen molar-refractivity contribution in [3.05, 3.63) is 53.6 Å². The van der Waals surface area contributed by atoms with Gasteiger partial charge in [0.1, 0.15) is 0 Å². The quantitative estimate of drug-likeness (QED) is 0.872. The Morgan fingerprint density at radius 2 is 1.90 bits per heavy atom. The molecule has 2 aromatic rings. The number of carbonyl (C=O) groups excluding carboxylic acids is 1. The average Bonchev–Trinajstić information content (AvgIpc) is 2.66. The molecule has 0 saturated heterocycles. The third kappa shape index (κ3) is 2.99. The summed E-state index contributed by atoms with van der Waals surface area (Å²) >= 11 is 0. The third-order valence-electron chi connectivity index (χ3n) is 3.58. The Morgan fingerprint density at radius 1 is 1.14 bits per heavy atom. The summed E-state index contributed by atoms with van der Waals surface area (Å²) in [5.74, 6) is 0. The van der Waals surface area contributed by atoms with E-state index < -0.39 is 6.09 Å². The van der Waals surface area contributed by atoms with Crippen molar-refractivity contribution in [2.24, 2.45) is 0 Å². The minimum Gasteiger partial charge on any atom is -0.450 e. The van der Waals surface area contributed by atoms with Crippen LogP contribution in [0.25, 0.3) is 0 Å². The van der Waals surface area contributed by atoms with Gasteiger partial charge in [-0.05, 0) is 55.2 Å². The monoisotopic (exact) mass is 282 g/mol. The van der Waals surface area contributed by atoms with Crippen LogP contribution in [0.5, 0.6) is 0 Å². The molecule has 108 valence electrons. The Morgan fingerprint density at radius 3 is 2.76 bits per heavy atom. The van der Waals surface area contributed by atoms with Gasteiger partial charge < -0.3 is 10.1 Å². The summed E-state index contributed by atoms with van der Waals surface area (Å²) in [4.78, 5) is 11.5. The molecule has 3 rings (SSSR count). The van der Waals surface area contributed by atoms with Gasteiger partial charge in [0.25, 0.3) is 0 Å². The molecule has 1 aliphatic rings. The summed E-state index contributed by atoms with van der Waals surface area (Å²) in [6.45, 7) is 2.16. The van der Waals surface area contributed by atoms with E-state index in [2.05, 4.69) is 28.8 Å². The van der Waals surface area contributed by atoms with Crippen LogP contribution in [-0.2, 0) is 17.6 Å². The first kappa shape index (κ1) is 13.5. The standard InChI is InChI=1S/C17H18N2O2/c1-2-21-17(20)18-14-9-10-16-13(11-14)8-7-12-5-3-4-6-15(12)19-16/h3-6,9-11,19H,2,7-8H2,1H3,(H,18,20). The van der Waals surface area contributed by atoms with Gasteiger partial charge in [-0.2, -0.15) is 0 Å². The number of anilines is 3. The van der Waals surface area contributed by atoms with Crippen molar-refractivity contribution >= 4 is 23.2 Å². The zero-order chi connectivity index (χ0) is 14.7. The zero-order valence-corrected chi connectivity index (χ0v) is 12.0. The fourth-order valence-electron chi connectivity index (χ4n) is 2.56. The van der Waals surface area contributed by atoms with Crippen LogP contribution in [0.15, 0.2) is 42.5 Å². The van der Waals surface area contributed by atoms with Crippen LogP contribution in [0.1, 0.15) is 18.1 Å². The van der Waals surface area contributed by atoms with E-state index in [0.29, 0.717) is 6.61 Å². The van der Waals surface area contributed by atoms with Crippen LogP contribution in [-0.4, -0.2) is 12.7 Å². The largest absolute Gasteiger partial charge is 0.450 e. The highest BCUT2D eigenvalue weighted by molar-refractivity contribution is 5.85. The summed E-state index contributed by atoms with van der Waals surface area (Å²) < 4.78 is 4.90. The molecule has 4 nitrogen and oxygen atoms in total. The first-order chi connectivity index (χ1) is 10.3. The normalized spacial score (nSPS) is 12.4. The maximum Gasteiger partial charge on any atom is 0.411 e. The molecule has 1 heterocycles. The van der Waals surface area contributed by atoms with Gasteiger partial charge in [0.2, 0.25) is 0 Å². The van der Waals surface area contributed by atoms with E-state index in [1.807, 2.05) is 24.3 Å². The second-order valence-electron chi connectivity index (χ2n) is 5.00. The molecule has 1 aliphatic heterocycles. The topological polar surface area (TPSA) is 50.4 Å². The van der Waals surface area contributed by atoms with Gasteiger partial charge in [0.05, 0.1) is 6.61 Å². The highest BCUT2D eigenvalue weighted by Crippen LogP contribution is 2.31. The second kappa shape index (κ2) is 5.87. The maximum atomic E-state index is 11.5. The lowest BCUT2D eigenvalue weighted by molar-refractivity contribution is 0.168. The van der Waals surface area contributed by atoms with Gasteiger partial charge in [-0.3, -0.25) is 5.32 Å². The lowest BCUT2D eigenvalue weighted by Crippen LogP contribution is -2.13. The van der Waals surface area contributed by atoms with E-state index in [1.165, 1.54) is 11.1 Å². The molecule has 4 heteroatoms. The molecule has 0 bridgehead atoms. The molecule has 2 N–H and O–H groups in total. The summed E-state index contributed by atoms with van der Waals surface area (Å²) in [7, 11) is 0. The predicted molar refractivity (Wildman–Crippen MR) is 84.2 cm³/mol. The minimum absolute atomic E-state index is 0.369. The predicted octanol–water partition coefficient (Wildman–Crippen LogP) is 4.10. The van der Waals surface area contributed by atoms with Gasteiger partial charge in [-0.15, -0.1) is 0 Å². The highest BCUT2D eigenvalue weighted by Gasteiger charge is 2.13. The van der Waals surface area contributed by atoms with Crippen molar-refractivity contribution in [3.8, 4) is 0 Å². The number of hydrogen-bond donors (Lipinski definition) is 2. The van der Waals surface area contributed by atoms with E-state index in [0.717, 1.165) is 29.9 Å². The smallest absolute Gasteiger partial charge is 0.411 e. The molecule has 0 saturated carbocycles. The van der Waals surface area contributed by atoms with Crippen LogP contribution in [0.3, 0.4) is 0 Å². The number of fused-ring (bicyclic) bond motifs is 2. The van der Waals surface area contributed by atoms with Crippen LogP contribution in [0.2, 0.25) is 0 Å². The molecule has 21 heavy (non-hydrogen) atoms. The van der Waals surface area contributed by atoms with E-state index in [-0.39, 0.29) is 0 Å². The molecule has 0 fully saturated rings.